The van der Waals surface area contributed by atoms with Gasteiger partial charge in [0.05, 0.1) is 13.2 Å². The minimum Gasteiger partial charge on any atom is -0.396 e. The Morgan fingerprint density at radius 2 is 2.27 bits per heavy atom. The molecule has 0 amide bonds. The zero-order chi connectivity index (χ0) is 11.3. The van der Waals surface area contributed by atoms with Gasteiger partial charge in [-0.25, -0.2) is 0 Å². The van der Waals surface area contributed by atoms with Crippen LogP contribution in [0.1, 0.15) is 20.3 Å². The number of nitrogens with one attached hydrogen (secondary N) is 1. The fourth-order valence-electron chi connectivity index (χ4n) is 1.98. The average Bonchev–Trinajstić information content (AvgIpc) is 2.20. The Hall–Kier alpha value is -0.160. The van der Waals surface area contributed by atoms with Crippen LogP contribution in [0, 0.1) is 0 Å². The highest BCUT2D eigenvalue weighted by Crippen LogP contribution is 2.19. The topological polar surface area (TPSA) is 44.7 Å². The van der Waals surface area contributed by atoms with Crippen LogP contribution in [0.2, 0.25) is 0 Å². The standard InChI is InChI=1S/C11H24N2O2/c1-11(2)9-15-7-5-13(11)8-10(12-3)4-6-14/h10,12,14H,4-9H2,1-3H3. The van der Waals surface area contributed by atoms with Gasteiger partial charge in [-0.05, 0) is 27.3 Å². The minimum atomic E-state index is 0.114. The summed E-state index contributed by atoms with van der Waals surface area (Å²) in [5.74, 6) is 0. The van der Waals surface area contributed by atoms with Gasteiger partial charge < -0.3 is 15.2 Å². The molecule has 1 unspecified atom stereocenters. The van der Waals surface area contributed by atoms with Crippen molar-refractivity contribution in [2.75, 3.05) is 40.0 Å². The molecule has 1 atom stereocenters. The molecule has 15 heavy (non-hydrogen) atoms. The van der Waals surface area contributed by atoms with E-state index in [-0.39, 0.29) is 12.1 Å². The molecule has 0 bridgehead atoms. The summed E-state index contributed by atoms with van der Waals surface area (Å²) >= 11 is 0. The van der Waals surface area contributed by atoms with Crippen molar-refractivity contribution in [3.63, 3.8) is 0 Å². The van der Waals surface area contributed by atoms with Crippen LogP contribution in [-0.4, -0.2) is 61.5 Å². The first-order valence-electron chi connectivity index (χ1n) is 5.71. The van der Waals surface area contributed by atoms with E-state index in [4.69, 9.17) is 9.84 Å². The lowest BCUT2D eigenvalue weighted by Crippen LogP contribution is -2.56. The van der Waals surface area contributed by atoms with Gasteiger partial charge in [-0.1, -0.05) is 0 Å². The third-order valence-corrected chi connectivity index (χ3v) is 3.14. The van der Waals surface area contributed by atoms with Crippen LogP contribution in [-0.2, 0) is 4.74 Å². The predicted molar refractivity (Wildman–Crippen MR) is 61.0 cm³/mol. The molecule has 90 valence electrons. The van der Waals surface area contributed by atoms with Gasteiger partial charge in [0.15, 0.2) is 0 Å². The number of hydrogen-bond acceptors (Lipinski definition) is 4. The van der Waals surface area contributed by atoms with Crippen molar-refractivity contribution in [1.29, 1.82) is 0 Å². The summed E-state index contributed by atoms with van der Waals surface area (Å²) in [5.41, 5.74) is 0.114. The molecule has 0 aliphatic carbocycles. The Bertz CT molecular complexity index is 185. The van der Waals surface area contributed by atoms with Gasteiger partial charge in [-0.15, -0.1) is 0 Å². The Balaban J connectivity index is 2.46. The van der Waals surface area contributed by atoms with E-state index in [0.717, 1.165) is 32.7 Å². The summed E-state index contributed by atoms with van der Waals surface area (Å²) in [7, 11) is 1.95. The lowest BCUT2D eigenvalue weighted by molar-refractivity contribution is -0.0548. The third-order valence-electron chi connectivity index (χ3n) is 3.14. The fraction of sp³-hybridized carbons (Fsp3) is 1.00. The van der Waals surface area contributed by atoms with Crippen LogP contribution in [0.3, 0.4) is 0 Å². The first-order chi connectivity index (χ1) is 7.10. The maximum atomic E-state index is 8.94. The lowest BCUT2D eigenvalue weighted by Gasteiger charge is -2.43. The molecule has 0 aromatic heterocycles. The van der Waals surface area contributed by atoms with E-state index in [1.54, 1.807) is 0 Å². The maximum Gasteiger partial charge on any atom is 0.0645 e. The molecule has 0 saturated carbocycles. The molecular formula is C11H24N2O2. The summed E-state index contributed by atoms with van der Waals surface area (Å²) in [6.07, 6.45) is 0.809. The van der Waals surface area contributed by atoms with E-state index in [1.807, 2.05) is 7.05 Å². The van der Waals surface area contributed by atoms with Crippen LogP contribution >= 0.6 is 0 Å². The molecule has 2 N–H and O–H groups in total. The van der Waals surface area contributed by atoms with Gasteiger partial charge in [0, 0.05) is 31.3 Å². The highest BCUT2D eigenvalue weighted by molar-refractivity contribution is 4.86. The molecular weight excluding hydrogens is 192 g/mol. The van der Waals surface area contributed by atoms with E-state index in [2.05, 4.69) is 24.1 Å². The van der Waals surface area contributed by atoms with Gasteiger partial charge in [-0.3, -0.25) is 4.90 Å². The molecule has 0 aromatic carbocycles. The molecule has 1 rings (SSSR count). The highest BCUT2D eigenvalue weighted by Gasteiger charge is 2.31. The van der Waals surface area contributed by atoms with E-state index in [0.29, 0.717) is 6.04 Å². The summed E-state index contributed by atoms with van der Waals surface area (Å²) in [5, 5.41) is 12.2. The summed E-state index contributed by atoms with van der Waals surface area (Å²) < 4.78 is 5.48. The molecule has 0 spiro atoms. The Labute approximate surface area is 92.6 Å². The predicted octanol–water partition coefficient (Wildman–Crippen LogP) is 0.0676. The van der Waals surface area contributed by atoms with Gasteiger partial charge in [-0.2, -0.15) is 0 Å². The van der Waals surface area contributed by atoms with Gasteiger partial charge >= 0.3 is 0 Å². The van der Waals surface area contributed by atoms with Crippen LogP contribution in [0.25, 0.3) is 0 Å². The van der Waals surface area contributed by atoms with E-state index in [1.165, 1.54) is 0 Å². The van der Waals surface area contributed by atoms with Crippen molar-refractivity contribution in [1.82, 2.24) is 10.2 Å². The van der Waals surface area contributed by atoms with E-state index in [9.17, 15) is 0 Å². The lowest BCUT2D eigenvalue weighted by atomic mass is 10.0. The second-order valence-corrected chi connectivity index (χ2v) is 4.81. The third kappa shape index (κ3) is 3.72. The van der Waals surface area contributed by atoms with Crippen LogP contribution in [0.4, 0.5) is 0 Å². The Morgan fingerprint density at radius 3 is 2.80 bits per heavy atom. The highest BCUT2D eigenvalue weighted by atomic mass is 16.5. The largest absolute Gasteiger partial charge is 0.396 e. The molecule has 1 saturated heterocycles. The van der Waals surface area contributed by atoms with Crippen molar-refractivity contribution in [3.05, 3.63) is 0 Å². The smallest absolute Gasteiger partial charge is 0.0645 e. The normalized spacial score (nSPS) is 24.0. The van der Waals surface area contributed by atoms with Crippen molar-refractivity contribution >= 4 is 0 Å². The number of likely N-dealkylation sites (N-methyl/N-ethyl adjacent to an activating group) is 1. The number of ether oxygens (including phenoxy) is 1. The molecule has 0 aromatic rings. The Morgan fingerprint density at radius 1 is 1.53 bits per heavy atom. The number of aliphatic hydroxyl groups excluding tert-OH is 1. The molecule has 4 heteroatoms. The number of morpholine rings is 1. The summed E-state index contributed by atoms with van der Waals surface area (Å²) in [6, 6.07) is 0.368. The molecule has 0 radical (unpaired) electrons. The first-order valence-corrected chi connectivity index (χ1v) is 5.71. The molecule has 1 heterocycles. The van der Waals surface area contributed by atoms with Crippen LogP contribution < -0.4 is 5.32 Å². The van der Waals surface area contributed by atoms with Gasteiger partial charge in [0.1, 0.15) is 0 Å². The summed E-state index contributed by atoms with van der Waals surface area (Å²) in [6.45, 7) is 8.23. The van der Waals surface area contributed by atoms with Crippen molar-refractivity contribution in [2.24, 2.45) is 0 Å². The van der Waals surface area contributed by atoms with Crippen molar-refractivity contribution in [3.8, 4) is 0 Å². The maximum absolute atomic E-state index is 8.94. The molecule has 1 aliphatic heterocycles. The second-order valence-electron chi connectivity index (χ2n) is 4.81. The summed E-state index contributed by atoms with van der Waals surface area (Å²) in [4.78, 5) is 2.44. The SMILES string of the molecule is CNC(CCO)CN1CCOCC1(C)C. The molecule has 1 fully saturated rings. The van der Waals surface area contributed by atoms with Crippen molar-refractivity contribution in [2.45, 2.75) is 31.8 Å². The number of aliphatic hydroxyl groups is 1. The van der Waals surface area contributed by atoms with E-state index < -0.39 is 0 Å². The number of rotatable bonds is 5. The van der Waals surface area contributed by atoms with Gasteiger partial charge in [0.25, 0.3) is 0 Å². The second kappa shape index (κ2) is 5.80. The zero-order valence-electron chi connectivity index (χ0n) is 10.1. The quantitative estimate of drug-likeness (QED) is 0.682. The van der Waals surface area contributed by atoms with Gasteiger partial charge in [0.2, 0.25) is 0 Å². The minimum absolute atomic E-state index is 0.114. The van der Waals surface area contributed by atoms with Crippen LogP contribution in [0.5, 0.6) is 0 Å². The fourth-order valence-corrected chi connectivity index (χ4v) is 1.98. The average molecular weight is 216 g/mol. The number of nitrogens with zero attached hydrogens (tertiary/aromatic N) is 1. The Kier molecular flexibility index (Phi) is 4.99. The molecule has 4 nitrogen and oxygen atoms in total. The zero-order valence-corrected chi connectivity index (χ0v) is 10.1. The van der Waals surface area contributed by atoms with Crippen LogP contribution in [0.15, 0.2) is 0 Å². The van der Waals surface area contributed by atoms with E-state index >= 15 is 0 Å². The monoisotopic (exact) mass is 216 g/mol. The molecule has 1 aliphatic rings. The number of hydrogen-bond donors (Lipinski definition) is 2. The first kappa shape index (κ1) is 12.9. The van der Waals surface area contributed by atoms with Crippen molar-refractivity contribution < 1.29 is 9.84 Å².